The second-order valence-electron chi connectivity index (χ2n) is 4.23. The average Bonchev–Trinajstić information content (AvgIpc) is 2.39. The first-order valence-corrected chi connectivity index (χ1v) is 7.41. The normalized spacial score (nSPS) is 11.0. The largest absolute Gasteiger partial charge is 0.433 e. The lowest BCUT2D eigenvalue weighted by atomic mass is 10.1. The van der Waals surface area contributed by atoms with E-state index in [1.54, 1.807) is 18.7 Å². The monoisotopic (exact) mass is 312 g/mol. The van der Waals surface area contributed by atoms with Crippen molar-refractivity contribution in [1.82, 2.24) is 9.97 Å². The van der Waals surface area contributed by atoms with Crippen molar-refractivity contribution in [2.75, 3.05) is 0 Å². The Bertz CT molecular complexity index is 338. The maximum atomic E-state index is 5.28. The first-order valence-electron chi connectivity index (χ1n) is 6.62. The highest BCUT2D eigenvalue weighted by Gasteiger charge is 1.93. The summed E-state index contributed by atoms with van der Waals surface area (Å²) in [6.07, 6.45) is 16.0. The number of ether oxygens (including phenoxy) is 1. The van der Waals surface area contributed by atoms with Crippen LogP contribution >= 0.6 is 15.9 Å². The number of hydrogen-bond acceptors (Lipinski definition) is 3. The summed E-state index contributed by atoms with van der Waals surface area (Å²) >= 11 is 3.27. The molecule has 4 heteroatoms. The van der Waals surface area contributed by atoms with Gasteiger partial charge in [-0.15, -0.1) is 0 Å². The van der Waals surface area contributed by atoms with Crippen LogP contribution in [0.2, 0.25) is 0 Å². The molecule has 18 heavy (non-hydrogen) atoms. The van der Waals surface area contributed by atoms with Gasteiger partial charge >= 0.3 is 6.01 Å². The molecule has 0 aromatic carbocycles. The van der Waals surface area contributed by atoms with E-state index in [9.17, 15) is 0 Å². The summed E-state index contributed by atoms with van der Waals surface area (Å²) in [5, 5.41) is 0. The molecule has 0 aliphatic carbocycles. The number of nitrogens with zero attached hydrogens (tertiary/aromatic N) is 2. The lowest BCUT2D eigenvalue weighted by Gasteiger charge is -1.98. The summed E-state index contributed by atoms with van der Waals surface area (Å²) in [5.41, 5.74) is 0. The van der Waals surface area contributed by atoms with Crippen LogP contribution in [0.5, 0.6) is 6.01 Å². The van der Waals surface area contributed by atoms with Gasteiger partial charge in [0.05, 0.1) is 10.7 Å². The predicted molar refractivity (Wildman–Crippen MR) is 77.5 cm³/mol. The SMILES string of the molecule is CCCCCCCCC=COc1ncc(Br)cn1. The fourth-order valence-corrected chi connectivity index (χ4v) is 1.79. The van der Waals surface area contributed by atoms with Crippen LogP contribution in [-0.2, 0) is 0 Å². The molecular formula is C14H21BrN2O. The molecule has 0 atom stereocenters. The predicted octanol–water partition coefficient (Wildman–Crippen LogP) is 4.88. The van der Waals surface area contributed by atoms with E-state index in [-0.39, 0.29) is 0 Å². The van der Waals surface area contributed by atoms with E-state index >= 15 is 0 Å². The Morgan fingerprint density at radius 1 is 1.11 bits per heavy atom. The Morgan fingerprint density at radius 3 is 2.50 bits per heavy atom. The Hall–Kier alpha value is -0.900. The van der Waals surface area contributed by atoms with Gasteiger partial charge in [0.1, 0.15) is 0 Å². The quantitative estimate of drug-likeness (QED) is 0.481. The number of unbranched alkanes of at least 4 members (excludes halogenated alkanes) is 6. The Morgan fingerprint density at radius 2 is 1.78 bits per heavy atom. The molecule has 100 valence electrons. The van der Waals surface area contributed by atoms with Crippen molar-refractivity contribution in [3.63, 3.8) is 0 Å². The van der Waals surface area contributed by atoms with Crippen molar-refractivity contribution in [1.29, 1.82) is 0 Å². The maximum Gasteiger partial charge on any atom is 0.321 e. The lowest BCUT2D eigenvalue weighted by molar-refractivity contribution is 0.437. The molecule has 0 N–H and O–H groups in total. The number of halogens is 1. The van der Waals surface area contributed by atoms with Crippen molar-refractivity contribution in [2.45, 2.75) is 51.9 Å². The number of hydrogen-bond donors (Lipinski definition) is 0. The molecule has 0 saturated carbocycles. The molecule has 0 radical (unpaired) electrons. The second kappa shape index (κ2) is 10.1. The fraction of sp³-hybridized carbons (Fsp3) is 0.571. The van der Waals surface area contributed by atoms with Crippen LogP contribution in [0.3, 0.4) is 0 Å². The van der Waals surface area contributed by atoms with Crippen LogP contribution in [0, 0.1) is 0 Å². The molecule has 0 amide bonds. The molecule has 1 aromatic rings. The zero-order valence-electron chi connectivity index (χ0n) is 10.9. The number of aromatic nitrogens is 2. The Balaban J connectivity index is 2.02. The third kappa shape index (κ3) is 7.43. The summed E-state index contributed by atoms with van der Waals surface area (Å²) in [6, 6.07) is 0.386. The number of rotatable bonds is 9. The Labute approximate surface area is 118 Å². The molecule has 0 saturated heterocycles. The summed E-state index contributed by atoms with van der Waals surface area (Å²) in [4.78, 5) is 8.03. The van der Waals surface area contributed by atoms with Crippen LogP contribution in [0.15, 0.2) is 29.2 Å². The van der Waals surface area contributed by atoms with Gasteiger partial charge in [-0.25, -0.2) is 9.97 Å². The summed E-state index contributed by atoms with van der Waals surface area (Å²) < 4.78 is 6.14. The zero-order chi connectivity index (χ0) is 13.1. The van der Waals surface area contributed by atoms with E-state index in [1.165, 1.54) is 38.5 Å². The minimum absolute atomic E-state index is 0.386. The Kier molecular flexibility index (Phi) is 8.47. The van der Waals surface area contributed by atoms with Gasteiger partial charge in [0.2, 0.25) is 0 Å². The van der Waals surface area contributed by atoms with Crippen molar-refractivity contribution >= 4 is 15.9 Å². The van der Waals surface area contributed by atoms with E-state index in [4.69, 9.17) is 4.74 Å². The van der Waals surface area contributed by atoms with E-state index in [0.29, 0.717) is 6.01 Å². The highest BCUT2D eigenvalue weighted by molar-refractivity contribution is 9.10. The van der Waals surface area contributed by atoms with E-state index in [0.717, 1.165) is 10.9 Å². The van der Waals surface area contributed by atoms with Crippen LogP contribution in [-0.4, -0.2) is 9.97 Å². The standard InChI is InChI=1S/C14H21BrN2O/c1-2-3-4-5-6-7-8-9-10-18-14-16-11-13(15)12-17-14/h9-12H,2-8H2,1H3. The molecule has 0 aliphatic heterocycles. The summed E-state index contributed by atoms with van der Waals surface area (Å²) in [7, 11) is 0. The van der Waals surface area contributed by atoms with Crippen molar-refractivity contribution in [3.8, 4) is 6.01 Å². The van der Waals surface area contributed by atoms with Gasteiger partial charge in [0.25, 0.3) is 0 Å². The lowest BCUT2D eigenvalue weighted by Crippen LogP contribution is -1.89. The molecule has 0 fully saturated rings. The van der Waals surface area contributed by atoms with Gasteiger partial charge in [-0.3, -0.25) is 0 Å². The van der Waals surface area contributed by atoms with Gasteiger partial charge in [-0.2, -0.15) is 0 Å². The fourth-order valence-electron chi connectivity index (χ4n) is 1.58. The van der Waals surface area contributed by atoms with Crippen molar-refractivity contribution in [3.05, 3.63) is 29.2 Å². The molecule has 0 bridgehead atoms. The van der Waals surface area contributed by atoms with E-state index in [2.05, 4.69) is 32.8 Å². The third-order valence-electron chi connectivity index (χ3n) is 2.59. The van der Waals surface area contributed by atoms with Crippen molar-refractivity contribution in [2.24, 2.45) is 0 Å². The molecule has 3 nitrogen and oxygen atoms in total. The second-order valence-corrected chi connectivity index (χ2v) is 5.15. The zero-order valence-corrected chi connectivity index (χ0v) is 12.5. The molecule has 0 spiro atoms. The van der Waals surface area contributed by atoms with E-state index < -0.39 is 0 Å². The maximum absolute atomic E-state index is 5.28. The molecular weight excluding hydrogens is 292 g/mol. The average molecular weight is 313 g/mol. The van der Waals surface area contributed by atoms with Gasteiger partial charge in [-0.05, 0) is 34.8 Å². The third-order valence-corrected chi connectivity index (χ3v) is 3.00. The van der Waals surface area contributed by atoms with Gasteiger partial charge < -0.3 is 4.74 Å². The van der Waals surface area contributed by atoms with Crippen LogP contribution < -0.4 is 4.74 Å². The molecule has 1 rings (SSSR count). The van der Waals surface area contributed by atoms with E-state index in [1.807, 2.05) is 6.08 Å². The molecule has 1 aromatic heterocycles. The van der Waals surface area contributed by atoms with Gasteiger partial charge in [0.15, 0.2) is 0 Å². The van der Waals surface area contributed by atoms with Crippen molar-refractivity contribution < 1.29 is 4.74 Å². The molecule has 0 unspecified atom stereocenters. The minimum atomic E-state index is 0.386. The first-order chi connectivity index (χ1) is 8.83. The van der Waals surface area contributed by atoms with Crippen LogP contribution in [0.4, 0.5) is 0 Å². The smallest absolute Gasteiger partial charge is 0.321 e. The first kappa shape index (κ1) is 15.2. The highest BCUT2D eigenvalue weighted by Crippen LogP contribution is 2.09. The summed E-state index contributed by atoms with van der Waals surface area (Å²) in [6.45, 7) is 2.24. The topological polar surface area (TPSA) is 35.0 Å². The minimum Gasteiger partial charge on any atom is -0.433 e. The molecule has 0 aliphatic rings. The van der Waals surface area contributed by atoms with Gasteiger partial charge in [-0.1, -0.05) is 39.0 Å². The van der Waals surface area contributed by atoms with Crippen LogP contribution in [0.1, 0.15) is 51.9 Å². The van der Waals surface area contributed by atoms with Crippen LogP contribution in [0.25, 0.3) is 0 Å². The number of allylic oxidation sites excluding steroid dienone is 1. The molecule has 1 heterocycles. The summed E-state index contributed by atoms with van der Waals surface area (Å²) in [5.74, 6) is 0. The highest BCUT2D eigenvalue weighted by atomic mass is 79.9. The van der Waals surface area contributed by atoms with Gasteiger partial charge in [0, 0.05) is 12.4 Å².